The van der Waals surface area contributed by atoms with Gasteiger partial charge in [-0.15, -0.1) is 0 Å². The SMILES string of the molecule is CSNCC1CCCN(c2ncnc3ccc(NC(=O)c4ccccn4)cc23)C1. The van der Waals surface area contributed by atoms with Crippen LogP contribution in [-0.4, -0.2) is 46.7 Å². The summed E-state index contributed by atoms with van der Waals surface area (Å²) in [7, 11) is 0. The molecule has 0 bridgehead atoms. The number of nitrogens with zero attached hydrogens (tertiary/aromatic N) is 4. The minimum atomic E-state index is -0.232. The molecule has 1 amide bonds. The van der Waals surface area contributed by atoms with Gasteiger partial charge in [0.05, 0.1) is 5.52 Å². The van der Waals surface area contributed by atoms with Gasteiger partial charge in [-0.05, 0) is 55.3 Å². The van der Waals surface area contributed by atoms with Gasteiger partial charge in [-0.25, -0.2) is 9.97 Å². The standard InChI is InChI=1S/C21H24N6OS/c1-29-25-12-15-5-4-10-27(13-15)20-17-11-16(7-8-18(17)23-14-24-20)26-21(28)19-6-2-3-9-22-19/h2-3,6-9,11,14-15,25H,4-5,10,12-13H2,1H3,(H,26,28). The Labute approximate surface area is 174 Å². The smallest absolute Gasteiger partial charge is 0.274 e. The molecular formula is C21H24N6OS. The van der Waals surface area contributed by atoms with Crippen molar-refractivity contribution in [3.8, 4) is 0 Å². The first-order valence-electron chi connectivity index (χ1n) is 9.72. The molecule has 3 aromatic rings. The van der Waals surface area contributed by atoms with Crippen molar-refractivity contribution in [3.63, 3.8) is 0 Å². The van der Waals surface area contributed by atoms with Crippen molar-refractivity contribution < 1.29 is 4.79 Å². The molecule has 150 valence electrons. The van der Waals surface area contributed by atoms with E-state index in [1.807, 2.05) is 18.2 Å². The maximum atomic E-state index is 12.5. The average Bonchev–Trinajstić information content (AvgIpc) is 2.78. The molecule has 1 aromatic carbocycles. The lowest BCUT2D eigenvalue weighted by Crippen LogP contribution is -2.39. The third-order valence-electron chi connectivity index (χ3n) is 5.10. The minimum Gasteiger partial charge on any atom is -0.356 e. The van der Waals surface area contributed by atoms with Gasteiger partial charge >= 0.3 is 0 Å². The van der Waals surface area contributed by atoms with Crippen molar-refractivity contribution in [1.29, 1.82) is 0 Å². The lowest BCUT2D eigenvalue weighted by Gasteiger charge is -2.34. The van der Waals surface area contributed by atoms with Crippen LogP contribution < -0.4 is 14.9 Å². The molecule has 1 atom stereocenters. The summed E-state index contributed by atoms with van der Waals surface area (Å²) in [5.74, 6) is 1.29. The maximum Gasteiger partial charge on any atom is 0.274 e. The second-order valence-electron chi connectivity index (χ2n) is 7.11. The van der Waals surface area contributed by atoms with Gasteiger partial charge in [0, 0.05) is 36.9 Å². The van der Waals surface area contributed by atoms with E-state index in [4.69, 9.17) is 0 Å². The van der Waals surface area contributed by atoms with Crippen LogP contribution in [0.25, 0.3) is 10.9 Å². The fourth-order valence-electron chi connectivity index (χ4n) is 3.69. The molecule has 0 radical (unpaired) electrons. The minimum absolute atomic E-state index is 0.232. The van der Waals surface area contributed by atoms with E-state index >= 15 is 0 Å². The number of rotatable bonds is 6. The van der Waals surface area contributed by atoms with E-state index < -0.39 is 0 Å². The Bertz CT molecular complexity index is 983. The van der Waals surface area contributed by atoms with Gasteiger partial charge in [0.25, 0.3) is 5.91 Å². The first kappa shape index (κ1) is 19.6. The van der Waals surface area contributed by atoms with Gasteiger partial charge in [-0.1, -0.05) is 18.0 Å². The molecule has 0 saturated carbocycles. The van der Waals surface area contributed by atoms with Crippen LogP contribution in [0.3, 0.4) is 0 Å². The fourth-order valence-corrected chi connectivity index (χ4v) is 4.09. The molecular weight excluding hydrogens is 384 g/mol. The monoisotopic (exact) mass is 408 g/mol. The summed E-state index contributed by atoms with van der Waals surface area (Å²) in [6.07, 6.45) is 7.65. The number of piperidine rings is 1. The van der Waals surface area contributed by atoms with Crippen LogP contribution >= 0.6 is 11.9 Å². The van der Waals surface area contributed by atoms with Gasteiger partial charge in [0.2, 0.25) is 0 Å². The molecule has 2 N–H and O–H groups in total. The fraction of sp³-hybridized carbons (Fsp3) is 0.333. The number of carbonyl (C=O) groups excluding carboxylic acids is 1. The Morgan fingerprint density at radius 2 is 2.17 bits per heavy atom. The molecule has 7 nitrogen and oxygen atoms in total. The van der Waals surface area contributed by atoms with Crippen LogP contribution in [0.2, 0.25) is 0 Å². The predicted octanol–water partition coefficient (Wildman–Crippen LogP) is 3.36. The average molecular weight is 409 g/mol. The summed E-state index contributed by atoms with van der Waals surface area (Å²) < 4.78 is 3.38. The summed E-state index contributed by atoms with van der Waals surface area (Å²) in [6, 6.07) is 11.0. The van der Waals surface area contributed by atoms with Crippen LogP contribution in [0.1, 0.15) is 23.3 Å². The van der Waals surface area contributed by atoms with E-state index in [2.05, 4.69) is 36.1 Å². The molecule has 1 aliphatic rings. The second kappa shape index (κ2) is 9.19. The highest BCUT2D eigenvalue weighted by atomic mass is 32.2. The highest BCUT2D eigenvalue weighted by Gasteiger charge is 2.22. The van der Waals surface area contributed by atoms with Crippen LogP contribution in [0.5, 0.6) is 0 Å². The Balaban J connectivity index is 1.58. The first-order chi connectivity index (χ1) is 14.2. The van der Waals surface area contributed by atoms with E-state index in [0.717, 1.165) is 42.8 Å². The largest absolute Gasteiger partial charge is 0.356 e. The zero-order chi connectivity index (χ0) is 20.1. The molecule has 1 aliphatic heterocycles. The number of fused-ring (bicyclic) bond motifs is 1. The zero-order valence-electron chi connectivity index (χ0n) is 16.3. The van der Waals surface area contributed by atoms with Crippen molar-refractivity contribution in [3.05, 3.63) is 54.6 Å². The van der Waals surface area contributed by atoms with Crippen molar-refractivity contribution in [2.24, 2.45) is 5.92 Å². The molecule has 1 fully saturated rings. The van der Waals surface area contributed by atoms with Crippen LogP contribution in [0.15, 0.2) is 48.9 Å². The van der Waals surface area contributed by atoms with Crippen molar-refractivity contribution >= 4 is 40.3 Å². The summed E-state index contributed by atoms with van der Waals surface area (Å²) in [5, 5.41) is 3.88. The molecule has 0 spiro atoms. The van der Waals surface area contributed by atoms with Gasteiger partial charge in [0.1, 0.15) is 17.8 Å². The van der Waals surface area contributed by atoms with Crippen molar-refractivity contribution in [2.45, 2.75) is 12.8 Å². The third kappa shape index (κ3) is 4.65. The number of aromatic nitrogens is 3. The number of carbonyl (C=O) groups is 1. The molecule has 8 heteroatoms. The van der Waals surface area contributed by atoms with Crippen LogP contribution in [0, 0.1) is 5.92 Å². The number of benzene rings is 1. The predicted molar refractivity (Wildman–Crippen MR) is 118 cm³/mol. The number of anilines is 2. The topological polar surface area (TPSA) is 83.0 Å². The van der Waals surface area contributed by atoms with Gasteiger partial charge in [-0.2, -0.15) is 0 Å². The van der Waals surface area contributed by atoms with Crippen molar-refractivity contribution in [1.82, 2.24) is 19.7 Å². The number of pyridine rings is 1. The Hall–Kier alpha value is -2.71. The van der Waals surface area contributed by atoms with Gasteiger partial charge in [0.15, 0.2) is 0 Å². The molecule has 0 aliphatic carbocycles. The molecule has 29 heavy (non-hydrogen) atoms. The van der Waals surface area contributed by atoms with E-state index in [1.54, 1.807) is 42.7 Å². The highest BCUT2D eigenvalue weighted by molar-refractivity contribution is 7.96. The number of amides is 1. The summed E-state index contributed by atoms with van der Waals surface area (Å²) in [4.78, 5) is 27.9. The summed E-state index contributed by atoms with van der Waals surface area (Å²) in [5.41, 5.74) is 1.97. The lowest BCUT2D eigenvalue weighted by atomic mass is 9.98. The van der Waals surface area contributed by atoms with E-state index in [0.29, 0.717) is 17.3 Å². The lowest BCUT2D eigenvalue weighted by molar-refractivity contribution is 0.102. The van der Waals surface area contributed by atoms with Gasteiger partial charge < -0.3 is 10.2 Å². The number of nitrogens with one attached hydrogen (secondary N) is 2. The van der Waals surface area contributed by atoms with E-state index in [1.165, 1.54) is 6.42 Å². The molecule has 2 aromatic heterocycles. The second-order valence-corrected chi connectivity index (χ2v) is 7.80. The quantitative estimate of drug-likeness (QED) is 0.605. The zero-order valence-corrected chi connectivity index (χ0v) is 17.2. The number of hydrogen-bond acceptors (Lipinski definition) is 7. The molecule has 1 unspecified atom stereocenters. The maximum absolute atomic E-state index is 12.5. The van der Waals surface area contributed by atoms with Gasteiger partial charge in [-0.3, -0.25) is 14.5 Å². The Morgan fingerprint density at radius 3 is 3.00 bits per heavy atom. The highest BCUT2D eigenvalue weighted by Crippen LogP contribution is 2.29. The summed E-state index contributed by atoms with van der Waals surface area (Å²) >= 11 is 1.66. The van der Waals surface area contributed by atoms with Crippen LogP contribution in [0.4, 0.5) is 11.5 Å². The van der Waals surface area contributed by atoms with Crippen molar-refractivity contribution in [2.75, 3.05) is 36.1 Å². The molecule has 1 saturated heterocycles. The number of hydrogen-bond donors (Lipinski definition) is 2. The Kier molecular flexibility index (Phi) is 6.21. The first-order valence-corrected chi connectivity index (χ1v) is 10.9. The normalized spacial score (nSPS) is 16.7. The third-order valence-corrected chi connectivity index (χ3v) is 5.56. The van der Waals surface area contributed by atoms with E-state index in [9.17, 15) is 4.79 Å². The van der Waals surface area contributed by atoms with E-state index in [-0.39, 0.29) is 5.91 Å². The van der Waals surface area contributed by atoms with Crippen LogP contribution in [-0.2, 0) is 0 Å². The molecule has 3 heterocycles. The molecule has 4 rings (SSSR count). The summed E-state index contributed by atoms with van der Waals surface area (Å²) in [6.45, 7) is 2.93. The Morgan fingerprint density at radius 1 is 1.24 bits per heavy atom.